The molecular weight excluding hydrogens is 496 g/mol. The first-order chi connectivity index (χ1) is 15.8. The lowest BCUT2D eigenvalue weighted by Crippen LogP contribution is -2.12. The molecule has 1 N–H and O–H groups in total. The number of carbonyl (C=O) groups excluding carboxylic acids is 1. The maximum atomic E-state index is 13.1. The van der Waals surface area contributed by atoms with Crippen molar-refractivity contribution in [1.82, 2.24) is 29.8 Å². The van der Waals surface area contributed by atoms with Crippen LogP contribution in [0.4, 0.5) is 14.5 Å². The van der Waals surface area contributed by atoms with Gasteiger partial charge >= 0.3 is 0 Å². The third-order valence-electron chi connectivity index (χ3n) is 5.26. The molecule has 8 nitrogen and oxygen atoms in total. The van der Waals surface area contributed by atoms with Gasteiger partial charge in [0.15, 0.2) is 0 Å². The fourth-order valence-electron chi connectivity index (χ4n) is 3.32. The summed E-state index contributed by atoms with van der Waals surface area (Å²) in [7, 11) is 0. The maximum absolute atomic E-state index is 13.1. The van der Waals surface area contributed by atoms with Crippen LogP contribution in [-0.4, -0.2) is 41.7 Å². The van der Waals surface area contributed by atoms with Crippen molar-refractivity contribution in [2.45, 2.75) is 39.7 Å². The Labute approximate surface area is 197 Å². The predicted molar refractivity (Wildman–Crippen MR) is 123 cm³/mol. The fraction of sp³-hybridized carbons (Fsp3) is 0.318. The molecule has 0 aliphatic heterocycles. The Morgan fingerprint density at radius 2 is 2.03 bits per heavy atom. The van der Waals surface area contributed by atoms with E-state index >= 15 is 0 Å². The molecule has 0 bridgehead atoms. The summed E-state index contributed by atoms with van der Waals surface area (Å²) in [6.07, 6.45) is 3.12. The number of pyridine rings is 1. The number of aryl methyl sites for hydroxylation is 1. The Kier molecular flexibility index (Phi) is 6.24. The molecule has 1 aromatic carbocycles. The van der Waals surface area contributed by atoms with Crippen LogP contribution in [0.5, 0.6) is 0 Å². The van der Waals surface area contributed by atoms with Gasteiger partial charge in [-0.05, 0) is 35.9 Å². The largest absolute Gasteiger partial charge is 0.322 e. The molecule has 1 atom stereocenters. The number of aromatic nitrogens is 6. The van der Waals surface area contributed by atoms with Crippen LogP contribution in [0, 0.1) is 12.8 Å². The first-order valence-electron chi connectivity index (χ1n) is 10.5. The van der Waals surface area contributed by atoms with E-state index in [4.69, 9.17) is 0 Å². The van der Waals surface area contributed by atoms with E-state index in [0.29, 0.717) is 28.2 Å². The Bertz CT molecular complexity index is 1320. The van der Waals surface area contributed by atoms with Crippen molar-refractivity contribution in [2.75, 3.05) is 5.32 Å². The van der Waals surface area contributed by atoms with Crippen molar-refractivity contribution >= 4 is 33.0 Å². The SMILES string of the molecule is CC.Cc1ccc(-c2nnn(CC3CC3(F)F)n2)cc1NC(=O)c1cnn2ccc(Br)cc12. The number of anilines is 1. The van der Waals surface area contributed by atoms with Gasteiger partial charge < -0.3 is 5.32 Å². The first-order valence-corrected chi connectivity index (χ1v) is 11.3. The van der Waals surface area contributed by atoms with Crippen molar-refractivity contribution in [3.63, 3.8) is 0 Å². The highest BCUT2D eigenvalue weighted by atomic mass is 79.9. The highest BCUT2D eigenvalue weighted by Gasteiger charge is 2.57. The molecule has 1 amide bonds. The van der Waals surface area contributed by atoms with Gasteiger partial charge in [0.2, 0.25) is 5.82 Å². The van der Waals surface area contributed by atoms with Crippen molar-refractivity contribution in [2.24, 2.45) is 5.92 Å². The molecule has 0 spiro atoms. The molecule has 1 fully saturated rings. The summed E-state index contributed by atoms with van der Waals surface area (Å²) in [5.74, 6) is -3.38. The number of halogens is 3. The summed E-state index contributed by atoms with van der Waals surface area (Å²) in [5.41, 5.74) is 3.15. The van der Waals surface area contributed by atoms with Crippen LogP contribution < -0.4 is 5.32 Å². The zero-order chi connectivity index (χ0) is 23.8. The lowest BCUT2D eigenvalue weighted by molar-refractivity contribution is 0.0929. The standard InChI is InChI=1S/C20H16BrF2N7O.C2H6/c1-11-2-3-12(18-26-28-30(27-18)10-13-8-20(13,22)23)6-16(11)25-19(31)15-9-24-29-5-4-14(21)7-17(15)29;1-2/h2-7,9,13H,8,10H2,1H3,(H,25,31);1-2H3. The van der Waals surface area contributed by atoms with Crippen molar-refractivity contribution < 1.29 is 13.6 Å². The van der Waals surface area contributed by atoms with E-state index in [0.717, 1.165) is 10.0 Å². The molecule has 1 unspecified atom stereocenters. The van der Waals surface area contributed by atoms with Gasteiger partial charge in [0.05, 0.1) is 23.8 Å². The third-order valence-corrected chi connectivity index (χ3v) is 5.76. The van der Waals surface area contributed by atoms with Gasteiger partial charge in [0, 0.05) is 34.3 Å². The molecule has 1 aliphatic rings. The van der Waals surface area contributed by atoms with Crippen LogP contribution in [0.25, 0.3) is 16.9 Å². The van der Waals surface area contributed by atoms with Gasteiger partial charge in [-0.25, -0.2) is 13.3 Å². The van der Waals surface area contributed by atoms with Crippen molar-refractivity contribution in [3.05, 3.63) is 58.3 Å². The number of amides is 1. The average molecular weight is 518 g/mol. The lowest BCUT2D eigenvalue weighted by Gasteiger charge is -2.09. The van der Waals surface area contributed by atoms with E-state index < -0.39 is 11.8 Å². The summed E-state index contributed by atoms with van der Waals surface area (Å²) in [6.45, 7) is 5.89. The number of rotatable bonds is 5. The van der Waals surface area contributed by atoms with Gasteiger partial charge in [-0.2, -0.15) is 9.90 Å². The van der Waals surface area contributed by atoms with E-state index in [-0.39, 0.29) is 18.9 Å². The normalized spacial score (nSPS) is 16.2. The third kappa shape index (κ3) is 4.77. The molecule has 4 aromatic rings. The quantitative estimate of drug-likeness (QED) is 0.402. The molecule has 1 aliphatic carbocycles. The predicted octanol–water partition coefficient (Wildman–Crippen LogP) is 4.99. The molecule has 0 radical (unpaired) electrons. The van der Waals surface area contributed by atoms with Crippen LogP contribution in [0.2, 0.25) is 0 Å². The minimum atomic E-state index is -2.64. The Morgan fingerprint density at radius 1 is 1.27 bits per heavy atom. The Hall–Kier alpha value is -3.21. The van der Waals surface area contributed by atoms with Crippen molar-refractivity contribution in [3.8, 4) is 11.4 Å². The Balaban J connectivity index is 0.00000126. The van der Waals surface area contributed by atoms with Crippen LogP contribution in [0.15, 0.2) is 47.2 Å². The van der Waals surface area contributed by atoms with Crippen LogP contribution in [0.3, 0.4) is 0 Å². The average Bonchev–Trinajstić information content (AvgIpc) is 3.16. The molecular formula is C22H22BrF2N7O. The number of nitrogens with zero attached hydrogens (tertiary/aromatic N) is 6. The van der Waals surface area contributed by atoms with E-state index in [1.165, 1.54) is 11.0 Å². The highest BCUT2D eigenvalue weighted by molar-refractivity contribution is 9.10. The van der Waals surface area contributed by atoms with Gasteiger partial charge in [-0.3, -0.25) is 4.79 Å². The zero-order valence-electron chi connectivity index (χ0n) is 18.3. The summed E-state index contributed by atoms with van der Waals surface area (Å²) in [4.78, 5) is 14.1. The monoisotopic (exact) mass is 517 g/mol. The van der Waals surface area contributed by atoms with E-state index in [9.17, 15) is 13.6 Å². The summed E-state index contributed by atoms with van der Waals surface area (Å²) in [6, 6.07) is 9.01. The number of hydrogen-bond donors (Lipinski definition) is 1. The minimum Gasteiger partial charge on any atom is -0.322 e. The minimum absolute atomic E-state index is 0.0275. The summed E-state index contributed by atoms with van der Waals surface area (Å²) < 4.78 is 28.7. The number of tetrazole rings is 1. The summed E-state index contributed by atoms with van der Waals surface area (Å²) in [5, 5.41) is 19.2. The van der Waals surface area contributed by atoms with E-state index in [1.54, 1.807) is 22.8 Å². The highest BCUT2D eigenvalue weighted by Crippen LogP contribution is 2.49. The molecule has 33 heavy (non-hydrogen) atoms. The number of hydrogen-bond acceptors (Lipinski definition) is 5. The first kappa shape index (κ1) is 23.0. The lowest BCUT2D eigenvalue weighted by atomic mass is 10.1. The number of fused-ring (bicyclic) bond motifs is 1. The van der Waals surface area contributed by atoms with E-state index in [1.807, 2.05) is 39.0 Å². The number of nitrogens with one attached hydrogen (secondary N) is 1. The van der Waals surface area contributed by atoms with Crippen molar-refractivity contribution in [1.29, 1.82) is 0 Å². The maximum Gasteiger partial charge on any atom is 0.259 e. The second-order valence-electron chi connectivity index (χ2n) is 7.55. The molecule has 0 saturated heterocycles. The van der Waals surface area contributed by atoms with Gasteiger partial charge in [0.1, 0.15) is 0 Å². The molecule has 11 heteroatoms. The second kappa shape index (κ2) is 8.97. The number of benzene rings is 1. The van der Waals surface area contributed by atoms with Gasteiger partial charge in [-0.1, -0.05) is 41.9 Å². The van der Waals surface area contributed by atoms with Gasteiger partial charge in [-0.15, -0.1) is 10.2 Å². The molecule has 1 saturated carbocycles. The number of alkyl halides is 2. The van der Waals surface area contributed by atoms with Crippen LogP contribution >= 0.6 is 15.9 Å². The smallest absolute Gasteiger partial charge is 0.259 e. The van der Waals surface area contributed by atoms with Gasteiger partial charge in [0.25, 0.3) is 11.8 Å². The summed E-state index contributed by atoms with van der Waals surface area (Å²) >= 11 is 3.40. The molecule has 3 aromatic heterocycles. The van der Waals surface area contributed by atoms with Crippen LogP contribution in [0.1, 0.15) is 36.2 Å². The molecule has 172 valence electrons. The second-order valence-corrected chi connectivity index (χ2v) is 8.46. The number of carbonyl (C=O) groups is 1. The van der Waals surface area contributed by atoms with E-state index in [2.05, 4.69) is 41.8 Å². The Morgan fingerprint density at radius 3 is 2.76 bits per heavy atom. The topological polar surface area (TPSA) is 90.0 Å². The zero-order valence-corrected chi connectivity index (χ0v) is 19.8. The molecule has 5 rings (SSSR count). The molecule has 3 heterocycles. The van der Waals surface area contributed by atoms with Crippen LogP contribution in [-0.2, 0) is 6.54 Å². The fourth-order valence-corrected chi connectivity index (χ4v) is 3.65.